The topological polar surface area (TPSA) is 57.6 Å². The molecule has 1 unspecified atom stereocenters. The average molecular weight is 693 g/mol. The van der Waals surface area contributed by atoms with E-state index in [-0.39, 0.29) is 23.1 Å². The quantitative estimate of drug-likeness (QED) is 0.0854. The van der Waals surface area contributed by atoms with Crippen LogP contribution in [-0.4, -0.2) is 81.3 Å². The number of alkyl halides is 2. The number of carbonyl (C=O) groups excluding carboxylic acids is 1. The van der Waals surface area contributed by atoms with Gasteiger partial charge in [0, 0.05) is 75.3 Å². The van der Waals surface area contributed by atoms with E-state index in [1.165, 1.54) is 55.9 Å². The van der Waals surface area contributed by atoms with Crippen molar-refractivity contribution < 1.29 is 23.0 Å². The minimum absolute atomic E-state index is 0.103. The second-order valence-electron chi connectivity index (χ2n) is 14.2. The molecule has 0 amide bonds. The highest BCUT2D eigenvalue weighted by molar-refractivity contribution is 5.85. The third-order valence-electron chi connectivity index (χ3n) is 9.14. The predicted octanol–water partition coefficient (Wildman–Crippen LogP) is 8.85. The van der Waals surface area contributed by atoms with Crippen molar-refractivity contribution in [1.29, 1.82) is 0 Å². The molecule has 4 rings (SSSR count). The van der Waals surface area contributed by atoms with Crippen molar-refractivity contribution in [3.8, 4) is 11.5 Å². The summed E-state index contributed by atoms with van der Waals surface area (Å²) in [5, 5.41) is 0. The summed E-state index contributed by atoms with van der Waals surface area (Å²) in [6.07, 6.45) is 6.38. The molecule has 1 atom stereocenters. The van der Waals surface area contributed by atoms with E-state index in [1.54, 1.807) is 46.0 Å². The minimum atomic E-state index is -3.17. The lowest BCUT2D eigenvalue weighted by Gasteiger charge is -2.36. The maximum atomic E-state index is 14.6. The van der Waals surface area contributed by atoms with Crippen LogP contribution >= 0.6 is 0 Å². The number of halogens is 2. The van der Waals surface area contributed by atoms with Crippen LogP contribution in [0.1, 0.15) is 77.5 Å². The van der Waals surface area contributed by atoms with E-state index in [0.717, 1.165) is 43.7 Å². The molecule has 0 radical (unpaired) electrons. The number of hydrogen-bond donors (Lipinski definition) is 0. The molecule has 7 nitrogen and oxygen atoms in total. The third-order valence-corrected chi connectivity index (χ3v) is 9.14. The number of rotatable bonds is 14. The standard InChI is InChI=1S/C25H34F2N2O2.C16H24N2O/c1-9-18(4)19(5)28-24(22(15-17(2)3)25(6,26)27)31-23-12-10-11-20(16-29(7)8)21(23)13-14-30;1-13-3-6-15(11-16(13)19-2)18-9-7-17(8-10-18)12-14-4-5-14/h10-13,15,18H,9,16H2,1-8H3;3,6,11,14H,4-5,7-10,12H2,1-2H3/b24-22-,28-19+;. The van der Waals surface area contributed by atoms with E-state index in [9.17, 15) is 13.6 Å². The summed E-state index contributed by atoms with van der Waals surface area (Å²) in [4.78, 5) is 22.7. The molecule has 2 aromatic carbocycles. The fraction of sp³-hybridized carbons (Fsp3) is 0.537. The fourth-order valence-electron chi connectivity index (χ4n) is 5.71. The van der Waals surface area contributed by atoms with Crippen molar-refractivity contribution >= 4 is 23.4 Å². The second kappa shape index (κ2) is 19.0. The van der Waals surface area contributed by atoms with Crippen molar-refractivity contribution in [3.05, 3.63) is 76.2 Å². The number of methoxy groups -OCH3 is 1. The minimum Gasteiger partial charge on any atom is -0.496 e. The highest BCUT2D eigenvalue weighted by Gasteiger charge is 2.32. The molecule has 274 valence electrons. The lowest BCUT2D eigenvalue weighted by Crippen LogP contribution is -2.47. The highest BCUT2D eigenvalue weighted by atomic mass is 19.3. The zero-order valence-corrected chi connectivity index (χ0v) is 31.9. The van der Waals surface area contributed by atoms with Gasteiger partial charge in [0.15, 0.2) is 0 Å². The van der Waals surface area contributed by atoms with Crippen LogP contribution in [0.25, 0.3) is 6.08 Å². The zero-order chi connectivity index (χ0) is 37.0. The first-order valence-electron chi connectivity index (χ1n) is 17.8. The van der Waals surface area contributed by atoms with Crippen LogP contribution in [0.5, 0.6) is 11.5 Å². The Bertz CT molecular complexity index is 1550. The summed E-state index contributed by atoms with van der Waals surface area (Å²) < 4.78 is 40.6. The van der Waals surface area contributed by atoms with E-state index in [1.807, 2.05) is 38.9 Å². The largest absolute Gasteiger partial charge is 0.496 e. The SMILES string of the molecule is CCC(C)/C(C)=N/C(Oc1cccc(CN(C)C)c1C=C=O)=C(\C=C(C)C)C(C)(F)F.COc1cc(N2CCN(CC3CC3)CC2)ccc1C. The van der Waals surface area contributed by atoms with Gasteiger partial charge in [-0.25, -0.2) is 18.6 Å². The summed E-state index contributed by atoms with van der Waals surface area (Å²) >= 11 is 0. The van der Waals surface area contributed by atoms with Crippen molar-refractivity contribution in [2.75, 3.05) is 58.8 Å². The molecule has 1 saturated carbocycles. The van der Waals surface area contributed by atoms with Gasteiger partial charge in [0.05, 0.1) is 12.7 Å². The molecule has 9 heteroatoms. The summed E-state index contributed by atoms with van der Waals surface area (Å²) in [5.74, 6) is 0.827. The van der Waals surface area contributed by atoms with Gasteiger partial charge >= 0.3 is 0 Å². The first-order valence-corrected chi connectivity index (χ1v) is 17.8. The molecule has 2 fully saturated rings. The monoisotopic (exact) mass is 692 g/mol. The van der Waals surface area contributed by atoms with E-state index >= 15 is 0 Å². The molecule has 0 spiro atoms. The van der Waals surface area contributed by atoms with Gasteiger partial charge in [-0.2, -0.15) is 0 Å². The molecule has 1 heterocycles. The van der Waals surface area contributed by atoms with Crippen molar-refractivity contribution in [2.45, 2.75) is 80.2 Å². The molecule has 2 aliphatic rings. The van der Waals surface area contributed by atoms with E-state index in [2.05, 4.69) is 39.9 Å². The van der Waals surface area contributed by atoms with Crippen LogP contribution in [0.4, 0.5) is 14.5 Å². The average Bonchev–Trinajstić information content (AvgIpc) is 3.88. The van der Waals surface area contributed by atoms with Gasteiger partial charge in [-0.05, 0) is 102 Å². The molecule has 1 saturated heterocycles. The summed E-state index contributed by atoms with van der Waals surface area (Å²) in [5.41, 5.74) is 4.90. The normalized spacial score (nSPS) is 16.5. The maximum Gasteiger partial charge on any atom is 0.275 e. The van der Waals surface area contributed by atoms with Crippen molar-refractivity contribution in [1.82, 2.24) is 9.80 Å². The first-order chi connectivity index (χ1) is 23.7. The summed E-state index contributed by atoms with van der Waals surface area (Å²) in [6, 6.07) is 11.8. The Hall–Kier alpha value is -3.78. The maximum absolute atomic E-state index is 14.6. The molecule has 50 heavy (non-hydrogen) atoms. The van der Waals surface area contributed by atoms with Gasteiger partial charge in [0.25, 0.3) is 5.92 Å². The smallest absolute Gasteiger partial charge is 0.275 e. The van der Waals surface area contributed by atoms with Crippen LogP contribution in [-0.2, 0) is 11.3 Å². The van der Waals surface area contributed by atoms with Gasteiger partial charge in [-0.15, -0.1) is 0 Å². The Morgan fingerprint density at radius 1 is 1.10 bits per heavy atom. The lowest BCUT2D eigenvalue weighted by atomic mass is 10.0. The number of benzene rings is 2. The second-order valence-corrected chi connectivity index (χ2v) is 14.2. The molecular formula is C41H58F2N4O3. The fourth-order valence-corrected chi connectivity index (χ4v) is 5.71. The van der Waals surface area contributed by atoms with Gasteiger partial charge in [0.1, 0.15) is 17.4 Å². The van der Waals surface area contributed by atoms with Crippen molar-refractivity contribution in [3.63, 3.8) is 0 Å². The number of anilines is 1. The molecule has 0 N–H and O–H groups in total. The molecular weight excluding hydrogens is 634 g/mol. The number of nitrogens with zero attached hydrogens (tertiary/aromatic N) is 4. The molecule has 0 aromatic heterocycles. The highest BCUT2D eigenvalue weighted by Crippen LogP contribution is 2.34. The Morgan fingerprint density at radius 2 is 1.78 bits per heavy atom. The van der Waals surface area contributed by atoms with Gasteiger partial charge in [-0.1, -0.05) is 37.6 Å². The van der Waals surface area contributed by atoms with Crippen LogP contribution in [0.3, 0.4) is 0 Å². The predicted molar refractivity (Wildman–Crippen MR) is 203 cm³/mol. The molecule has 0 bridgehead atoms. The number of ether oxygens (including phenoxy) is 2. The number of aliphatic imine (C=N–C) groups is 1. The summed E-state index contributed by atoms with van der Waals surface area (Å²) in [6.45, 7) is 18.8. The number of aryl methyl sites for hydroxylation is 1. The van der Waals surface area contributed by atoms with Gasteiger partial charge in [0.2, 0.25) is 5.88 Å². The molecule has 1 aliphatic heterocycles. The van der Waals surface area contributed by atoms with E-state index < -0.39 is 5.92 Å². The third kappa shape index (κ3) is 12.5. The van der Waals surface area contributed by atoms with Crippen molar-refractivity contribution in [2.24, 2.45) is 16.8 Å². The Kier molecular flexibility index (Phi) is 15.4. The zero-order valence-electron chi connectivity index (χ0n) is 31.9. The number of allylic oxidation sites excluding steroid dienone is 3. The van der Waals surface area contributed by atoms with Crippen LogP contribution in [0.2, 0.25) is 0 Å². The van der Waals surface area contributed by atoms with Crippen LogP contribution in [0.15, 0.2) is 64.5 Å². The Labute approximate surface area is 299 Å². The summed E-state index contributed by atoms with van der Waals surface area (Å²) in [7, 11) is 5.55. The van der Waals surface area contributed by atoms with Gasteiger partial charge < -0.3 is 19.3 Å². The lowest BCUT2D eigenvalue weighted by molar-refractivity contribution is 0.0630. The Morgan fingerprint density at radius 3 is 2.32 bits per heavy atom. The first kappa shape index (κ1) is 40.6. The van der Waals surface area contributed by atoms with Crippen LogP contribution in [0, 0.1) is 18.8 Å². The molecule has 1 aliphatic carbocycles. The Balaban J connectivity index is 0.000000300. The number of hydrogen-bond acceptors (Lipinski definition) is 7. The molecule has 2 aromatic rings. The van der Waals surface area contributed by atoms with E-state index in [4.69, 9.17) is 9.47 Å². The van der Waals surface area contributed by atoms with E-state index in [0.29, 0.717) is 23.4 Å². The number of piperazine rings is 1. The van der Waals surface area contributed by atoms with Crippen LogP contribution < -0.4 is 14.4 Å². The van der Waals surface area contributed by atoms with Gasteiger partial charge in [-0.3, -0.25) is 4.90 Å².